The van der Waals surface area contributed by atoms with Gasteiger partial charge in [0.1, 0.15) is 0 Å². The van der Waals surface area contributed by atoms with Crippen LogP contribution in [0.25, 0.3) is 0 Å². The van der Waals surface area contributed by atoms with Crippen molar-refractivity contribution in [2.24, 2.45) is 0 Å². The Morgan fingerprint density at radius 2 is 0.853 bits per heavy atom. The molecule has 1 rings (SSSR count). The van der Waals surface area contributed by atoms with Gasteiger partial charge in [-0.25, -0.2) is 0 Å². The van der Waals surface area contributed by atoms with Gasteiger partial charge in [-0.15, -0.1) is 0 Å². The molecule has 0 aliphatic heterocycles. The summed E-state index contributed by atoms with van der Waals surface area (Å²) in [5, 5.41) is -1.16. The van der Waals surface area contributed by atoms with Crippen LogP contribution in [0.15, 0.2) is 24.3 Å². The smallest absolute Gasteiger partial charge is 0.330 e. The average molecular weight is 584 g/mol. The summed E-state index contributed by atoms with van der Waals surface area (Å²) in [5.41, 5.74) is 1.56. The number of hydrogen-bond donors (Lipinski definition) is 0. The van der Waals surface area contributed by atoms with Crippen LogP contribution in [-0.2, 0) is 26.0 Å². The van der Waals surface area contributed by atoms with Gasteiger partial charge in [-0.3, -0.25) is 9.13 Å². The van der Waals surface area contributed by atoms with Crippen LogP contribution in [0.5, 0.6) is 0 Å². The van der Waals surface area contributed by atoms with E-state index in [-0.39, 0.29) is 0 Å². The van der Waals surface area contributed by atoms with Crippen LogP contribution in [0, 0.1) is 0 Å². The highest BCUT2D eigenvalue weighted by molar-refractivity contribution is 7.74. The van der Waals surface area contributed by atoms with Gasteiger partial charge in [0.15, 0.2) is 38.7 Å². The molecule has 0 aromatic heterocycles. The van der Waals surface area contributed by atoms with Crippen molar-refractivity contribution >= 4 is 54.1 Å². The van der Waals surface area contributed by atoms with E-state index in [0.717, 1.165) is 5.69 Å². The van der Waals surface area contributed by atoms with Crippen LogP contribution in [0.2, 0.25) is 78.6 Å². The molecule has 0 heterocycles. The summed E-state index contributed by atoms with van der Waals surface area (Å²) >= 11 is 0. The van der Waals surface area contributed by atoms with Crippen LogP contribution in [0.1, 0.15) is 11.0 Å². The zero-order valence-corrected chi connectivity index (χ0v) is 29.5. The van der Waals surface area contributed by atoms with Crippen LogP contribution < -0.4 is 4.90 Å². The van der Waals surface area contributed by atoms with Gasteiger partial charge in [-0.1, -0.05) is 12.1 Å². The van der Waals surface area contributed by atoms with E-state index in [1.807, 2.05) is 122 Å². The third kappa shape index (κ3) is 10.7. The lowest BCUT2D eigenvalue weighted by molar-refractivity contribution is 0.351. The predicted molar refractivity (Wildman–Crippen MR) is 156 cm³/mol. The summed E-state index contributed by atoms with van der Waals surface area (Å²) < 4.78 is 55.3. The van der Waals surface area contributed by atoms with E-state index in [0.29, 0.717) is 5.56 Å². The maximum Gasteiger partial charge on any atom is 0.330 e. The number of rotatable bonds is 12. The molecule has 0 radical (unpaired) electrons. The summed E-state index contributed by atoms with van der Waals surface area (Å²) in [7, 11) is -13.7. The van der Waals surface area contributed by atoms with Gasteiger partial charge in [0.25, 0.3) is 0 Å². The lowest BCUT2D eigenvalue weighted by Gasteiger charge is -2.41. The van der Waals surface area contributed by atoms with Crippen molar-refractivity contribution in [3.8, 4) is 0 Å². The van der Waals surface area contributed by atoms with E-state index in [1.54, 1.807) is 0 Å². The second-order valence-electron chi connectivity index (χ2n) is 12.8. The van der Waals surface area contributed by atoms with Gasteiger partial charge in [0, 0.05) is 19.8 Å². The van der Waals surface area contributed by atoms with Gasteiger partial charge in [0.05, 0.1) is 0 Å². The summed E-state index contributed by atoms with van der Waals surface area (Å²) in [6.45, 7) is 23.5. The molecule has 0 amide bonds. The first-order valence-corrected chi connectivity index (χ1v) is 28.5. The number of nitrogens with zero attached hydrogens (tertiary/aromatic N) is 1. The van der Waals surface area contributed by atoms with Gasteiger partial charge >= 0.3 is 15.2 Å². The van der Waals surface area contributed by atoms with Crippen molar-refractivity contribution in [3.63, 3.8) is 0 Å². The van der Waals surface area contributed by atoms with E-state index < -0.39 is 53.9 Å². The molecule has 1 aromatic rings. The SMILES string of the molecule is CN(C)c1ccc(C(P(=O)(O[Si](C)(C)C)O[Si](C)(C)C)P(=O)(O[Si](C)(C)C)O[Si](C)(C)C)cc1. The zero-order chi connectivity index (χ0) is 27.0. The molecule has 0 saturated heterocycles. The Hall–Kier alpha value is 0.188. The minimum Gasteiger partial charge on any atom is -0.378 e. The standard InChI is InChI=1S/C21H47NO6P2Si4/c1-22(2)20-17-15-19(16-18-20)21(29(23,25-31(3,4)5)26-32(6,7)8)30(24,27-33(9,10)11)28-34(12,13)14/h15-18,21H,1-14H3. The van der Waals surface area contributed by atoms with Gasteiger partial charge < -0.3 is 21.8 Å². The zero-order valence-electron chi connectivity index (χ0n) is 23.7. The van der Waals surface area contributed by atoms with Gasteiger partial charge in [-0.05, 0) is 96.3 Å². The molecule has 0 spiro atoms. The second-order valence-corrected chi connectivity index (χ2v) is 36.2. The maximum absolute atomic E-state index is 14.9. The van der Waals surface area contributed by atoms with E-state index >= 15 is 0 Å². The Bertz CT molecular complexity index is 826. The number of benzene rings is 1. The molecule has 13 heteroatoms. The van der Waals surface area contributed by atoms with E-state index in [4.69, 9.17) is 16.9 Å². The van der Waals surface area contributed by atoms with Crippen molar-refractivity contribution < 1.29 is 26.0 Å². The highest BCUT2D eigenvalue weighted by Gasteiger charge is 2.57. The Labute approximate surface area is 212 Å². The maximum atomic E-state index is 14.9. The van der Waals surface area contributed by atoms with Gasteiger partial charge in [-0.2, -0.15) is 0 Å². The molecular formula is C21H47NO6P2Si4. The fourth-order valence-corrected chi connectivity index (χ4v) is 22.2. The van der Waals surface area contributed by atoms with Crippen molar-refractivity contribution in [1.82, 2.24) is 0 Å². The van der Waals surface area contributed by atoms with E-state index in [1.165, 1.54) is 0 Å². The van der Waals surface area contributed by atoms with Crippen LogP contribution in [-0.4, -0.2) is 47.4 Å². The molecule has 0 aliphatic carbocycles. The predicted octanol–water partition coefficient (Wildman–Crippen LogP) is 8.54. The minimum absolute atomic E-state index is 0.588. The lowest BCUT2D eigenvalue weighted by atomic mass is 10.2. The molecule has 0 fully saturated rings. The molecule has 0 bridgehead atoms. The van der Waals surface area contributed by atoms with E-state index in [2.05, 4.69) is 0 Å². The van der Waals surface area contributed by atoms with Gasteiger partial charge in [0.2, 0.25) is 0 Å². The normalized spacial score (nSPS) is 14.6. The second kappa shape index (κ2) is 10.9. The van der Waals surface area contributed by atoms with Crippen molar-refractivity contribution in [3.05, 3.63) is 29.8 Å². The summed E-state index contributed by atoms with van der Waals surface area (Å²) in [6, 6.07) is 7.54. The fraction of sp³-hybridized carbons (Fsp3) is 0.714. The number of hydrogen-bond acceptors (Lipinski definition) is 7. The molecule has 1 aromatic carbocycles. The largest absolute Gasteiger partial charge is 0.378 e. The first-order chi connectivity index (χ1) is 14.9. The quantitative estimate of drug-likeness (QED) is 0.180. The average Bonchev–Trinajstić information content (AvgIpc) is 2.46. The third-order valence-corrected chi connectivity index (χ3v) is 20.2. The topological polar surface area (TPSA) is 74.3 Å². The molecule has 34 heavy (non-hydrogen) atoms. The minimum atomic E-state index is -3.99. The molecule has 0 aliphatic rings. The third-order valence-electron chi connectivity index (χ3n) is 3.91. The van der Waals surface area contributed by atoms with Crippen molar-refractivity contribution in [2.45, 2.75) is 84.0 Å². The molecule has 0 atom stereocenters. The van der Waals surface area contributed by atoms with E-state index in [9.17, 15) is 9.13 Å². The Morgan fingerprint density at radius 3 is 1.06 bits per heavy atom. The number of anilines is 1. The lowest BCUT2D eigenvalue weighted by Crippen LogP contribution is -2.35. The Balaban J connectivity index is 4.00. The molecule has 198 valence electrons. The summed E-state index contributed by atoms with van der Waals surface area (Å²) in [4.78, 5) is 1.98. The van der Waals surface area contributed by atoms with Crippen LogP contribution >= 0.6 is 15.2 Å². The first kappa shape index (κ1) is 32.2. The van der Waals surface area contributed by atoms with Crippen molar-refractivity contribution in [2.75, 3.05) is 19.0 Å². The van der Waals surface area contributed by atoms with Crippen molar-refractivity contribution in [1.29, 1.82) is 0 Å². The Kier molecular flexibility index (Phi) is 10.3. The first-order valence-electron chi connectivity index (χ1n) is 11.7. The molecular weight excluding hydrogens is 537 g/mol. The highest BCUT2D eigenvalue weighted by atomic mass is 31.2. The Morgan fingerprint density at radius 1 is 0.588 bits per heavy atom. The summed E-state index contributed by atoms with van der Waals surface area (Å²) in [5.74, 6) is 0. The van der Waals surface area contributed by atoms with Crippen LogP contribution in [0.3, 0.4) is 0 Å². The summed E-state index contributed by atoms with van der Waals surface area (Å²) in [6.07, 6.45) is 0. The molecule has 7 nitrogen and oxygen atoms in total. The molecule has 0 unspecified atom stereocenters. The molecule has 0 saturated carbocycles. The monoisotopic (exact) mass is 583 g/mol. The highest BCUT2D eigenvalue weighted by Crippen LogP contribution is 2.80. The van der Waals surface area contributed by atoms with Crippen LogP contribution in [0.4, 0.5) is 5.69 Å². The molecule has 0 N–H and O–H groups in total. The fourth-order valence-electron chi connectivity index (χ4n) is 3.25.